The molecule has 0 atom stereocenters. The minimum absolute atomic E-state index is 0.218. The zero-order valence-electron chi connectivity index (χ0n) is 9.91. The van der Waals surface area contributed by atoms with E-state index in [1.165, 1.54) is 30.1 Å². The summed E-state index contributed by atoms with van der Waals surface area (Å²) in [6, 6.07) is 4.83. The van der Waals surface area contributed by atoms with Gasteiger partial charge in [-0.1, -0.05) is 0 Å². The smallest absolute Gasteiger partial charge is 0.335 e. The van der Waals surface area contributed by atoms with Crippen molar-refractivity contribution in [3.63, 3.8) is 0 Å². The molecule has 0 unspecified atom stereocenters. The van der Waals surface area contributed by atoms with E-state index in [-0.39, 0.29) is 5.56 Å². The SMILES string of the molecule is Cc1cc(Sc2cc(C(=O)O)ccn2)nc(C)n1. The van der Waals surface area contributed by atoms with Crippen molar-refractivity contribution in [3.8, 4) is 0 Å². The van der Waals surface area contributed by atoms with Crippen molar-refractivity contribution in [2.24, 2.45) is 0 Å². The van der Waals surface area contributed by atoms with Crippen molar-refractivity contribution < 1.29 is 9.90 Å². The minimum atomic E-state index is -0.964. The van der Waals surface area contributed by atoms with Crippen LogP contribution in [0.25, 0.3) is 0 Å². The lowest BCUT2D eigenvalue weighted by Crippen LogP contribution is -1.97. The van der Waals surface area contributed by atoms with Gasteiger partial charge < -0.3 is 5.11 Å². The summed E-state index contributed by atoms with van der Waals surface area (Å²) in [7, 11) is 0. The summed E-state index contributed by atoms with van der Waals surface area (Å²) >= 11 is 1.32. The van der Waals surface area contributed by atoms with Gasteiger partial charge in [0.15, 0.2) is 0 Å². The zero-order valence-corrected chi connectivity index (χ0v) is 10.7. The summed E-state index contributed by atoms with van der Waals surface area (Å²) in [5.41, 5.74) is 1.09. The lowest BCUT2D eigenvalue weighted by Gasteiger charge is -2.03. The molecule has 0 aliphatic heterocycles. The topological polar surface area (TPSA) is 76.0 Å². The van der Waals surface area contributed by atoms with Crippen LogP contribution in [0.1, 0.15) is 21.9 Å². The van der Waals surface area contributed by atoms with E-state index in [2.05, 4.69) is 15.0 Å². The summed E-state index contributed by atoms with van der Waals surface area (Å²) in [5, 5.41) is 10.3. The first-order valence-corrected chi connectivity index (χ1v) is 6.06. The molecule has 0 aromatic carbocycles. The number of pyridine rings is 1. The van der Waals surface area contributed by atoms with E-state index in [4.69, 9.17) is 5.11 Å². The second kappa shape index (κ2) is 5.14. The van der Waals surface area contributed by atoms with E-state index < -0.39 is 5.97 Å². The molecule has 0 spiro atoms. The number of nitrogens with zero attached hydrogens (tertiary/aromatic N) is 3. The first kappa shape index (κ1) is 12.5. The fourth-order valence-electron chi connectivity index (χ4n) is 1.44. The third-order valence-corrected chi connectivity index (χ3v) is 2.98. The number of carboxylic acids is 1. The molecular formula is C12H11N3O2S. The predicted octanol–water partition coefficient (Wildman–Crippen LogP) is 2.34. The molecule has 0 fully saturated rings. The molecule has 0 aliphatic rings. The van der Waals surface area contributed by atoms with Gasteiger partial charge in [-0.2, -0.15) is 0 Å². The van der Waals surface area contributed by atoms with Gasteiger partial charge in [0.1, 0.15) is 15.9 Å². The number of rotatable bonds is 3. The third kappa shape index (κ3) is 3.04. The average Bonchev–Trinajstić information content (AvgIpc) is 2.27. The van der Waals surface area contributed by atoms with E-state index in [9.17, 15) is 4.79 Å². The molecule has 0 saturated carbocycles. The lowest BCUT2D eigenvalue weighted by molar-refractivity contribution is 0.0696. The first-order chi connectivity index (χ1) is 8.54. The van der Waals surface area contributed by atoms with E-state index in [0.717, 1.165) is 10.7 Å². The molecule has 1 N–H and O–H groups in total. The molecule has 0 bridgehead atoms. The molecule has 2 rings (SSSR count). The van der Waals surface area contributed by atoms with Crippen molar-refractivity contribution in [2.45, 2.75) is 23.9 Å². The van der Waals surface area contributed by atoms with Crippen LogP contribution < -0.4 is 0 Å². The molecule has 0 saturated heterocycles. The van der Waals surface area contributed by atoms with Gasteiger partial charge in [-0.3, -0.25) is 0 Å². The first-order valence-electron chi connectivity index (χ1n) is 5.24. The van der Waals surface area contributed by atoms with Gasteiger partial charge in [-0.05, 0) is 43.8 Å². The van der Waals surface area contributed by atoms with Crippen LogP contribution in [0.3, 0.4) is 0 Å². The second-order valence-electron chi connectivity index (χ2n) is 3.68. The van der Waals surface area contributed by atoms with Crippen LogP contribution in [0, 0.1) is 13.8 Å². The van der Waals surface area contributed by atoms with Crippen molar-refractivity contribution in [1.29, 1.82) is 0 Å². The van der Waals surface area contributed by atoms with Crippen molar-refractivity contribution >= 4 is 17.7 Å². The highest BCUT2D eigenvalue weighted by molar-refractivity contribution is 7.99. The van der Waals surface area contributed by atoms with Gasteiger partial charge >= 0.3 is 5.97 Å². The Bertz CT molecular complexity index is 581. The van der Waals surface area contributed by atoms with Crippen molar-refractivity contribution in [3.05, 3.63) is 41.5 Å². The number of aryl methyl sites for hydroxylation is 2. The Labute approximate surface area is 108 Å². The number of carboxylic acid groups (broad SMARTS) is 1. The molecule has 2 aromatic heterocycles. The summed E-state index contributed by atoms with van der Waals surface area (Å²) in [5.74, 6) is -0.277. The molecule has 0 aliphatic carbocycles. The van der Waals surface area contributed by atoms with Crippen LogP contribution in [0.15, 0.2) is 34.4 Å². The van der Waals surface area contributed by atoms with Crippen LogP contribution in [0.5, 0.6) is 0 Å². The van der Waals surface area contributed by atoms with Gasteiger partial charge in [0, 0.05) is 11.9 Å². The van der Waals surface area contributed by atoms with Crippen LogP contribution in [0.2, 0.25) is 0 Å². The molecular weight excluding hydrogens is 250 g/mol. The quantitative estimate of drug-likeness (QED) is 0.855. The number of hydrogen-bond donors (Lipinski definition) is 1. The van der Waals surface area contributed by atoms with Crippen LogP contribution >= 0.6 is 11.8 Å². The number of aromatic nitrogens is 3. The van der Waals surface area contributed by atoms with Gasteiger partial charge in [-0.15, -0.1) is 0 Å². The van der Waals surface area contributed by atoms with Crippen LogP contribution in [0.4, 0.5) is 0 Å². The van der Waals surface area contributed by atoms with Crippen molar-refractivity contribution in [1.82, 2.24) is 15.0 Å². The highest BCUT2D eigenvalue weighted by Crippen LogP contribution is 2.25. The Morgan fingerprint density at radius 3 is 2.67 bits per heavy atom. The van der Waals surface area contributed by atoms with E-state index in [1.807, 2.05) is 19.9 Å². The maximum absolute atomic E-state index is 10.9. The maximum atomic E-state index is 10.9. The van der Waals surface area contributed by atoms with E-state index in [1.54, 1.807) is 0 Å². The Morgan fingerprint density at radius 1 is 1.22 bits per heavy atom. The monoisotopic (exact) mass is 261 g/mol. The Kier molecular flexibility index (Phi) is 3.57. The standard InChI is InChI=1S/C12H11N3O2S/c1-7-5-11(15-8(2)14-7)18-10-6-9(12(16)17)3-4-13-10/h3-6H,1-2H3,(H,16,17). The molecule has 2 aromatic rings. The van der Waals surface area contributed by atoms with Gasteiger partial charge in [-0.25, -0.2) is 19.7 Å². The molecule has 6 heteroatoms. The normalized spacial score (nSPS) is 10.3. The molecule has 92 valence electrons. The highest BCUT2D eigenvalue weighted by Gasteiger charge is 2.07. The minimum Gasteiger partial charge on any atom is -0.478 e. The molecule has 18 heavy (non-hydrogen) atoms. The Balaban J connectivity index is 2.28. The van der Waals surface area contributed by atoms with E-state index >= 15 is 0 Å². The molecule has 0 radical (unpaired) electrons. The maximum Gasteiger partial charge on any atom is 0.335 e. The second-order valence-corrected chi connectivity index (χ2v) is 4.73. The number of carbonyl (C=O) groups is 1. The van der Waals surface area contributed by atoms with Crippen LogP contribution in [-0.2, 0) is 0 Å². The average molecular weight is 261 g/mol. The fourth-order valence-corrected chi connectivity index (χ4v) is 2.36. The van der Waals surface area contributed by atoms with Gasteiger partial charge in [0.05, 0.1) is 5.56 Å². The highest BCUT2D eigenvalue weighted by atomic mass is 32.2. The summed E-state index contributed by atoms with van der Waals surface area (Å²) in [6.07, 6.45) is 1.48. The summed E-state index contributed by atoms with van der Waals surface area (Å²) < 4.78 is 0. The lowest BCUT2D eigenvalue weighted by atomic mass is 10.3. The largest absolute Gasteiger partial charge is 0.478 e. The summed E-state index contributed by atoms with van der Waals surface area (Å²) in [6.45, 7) is 3.71. The summed E-state index contributed by atoms with van der Waals surface area (Å²) in [4.78, 5) is 23.4. The fraction of sp³-hybridized carbons (Fsp3) is 0.167. The van der Waals surface area contributed by atoms with Crippen molar-refractivity contribution in [2.75, 3.05) is 0 Å². The van der Waals surface area contributed by atoms with Crippen LogP contribution in [-0.4, -0.2) is 26.0 Å². The molecule has 2 heterocycles. The van der Waals surface area contributed by atoms with E-state index in [0.29, 0.717) is 10.9 Å². The Morgan fingerprint density at radius 2 is 2.00 bits per heavy atom. The molecule has 0 amide bonds. The van der Waals surface area contributed by atoms with Gasteiger partial charge in [0.25, 0.3) is 0 Å². The Hall–Kier alpha value is -1.95. The third-order valence-electron chi connectivity index (χ3n) is 2.13. The van der Waals surface area contributed by atoms with Gasteiger partial charge in [0.2, 0.25) is 0 Å². The number of aromatic carboxylic acids is 1. The predicted molar refractivity (Wildman–Crippen MR) is 66.8 cm³/mol. The number of hydrogen-bond acceptors (Lipinski definition) is 5. The zero-order chi connectivity index (χ0) is 13.1. The molecule has 5 nitrogen and oxygen atoms in total.